The summed E-state index contributed by atoms with van der Waals surface area (Å²) in [5.74, 6) is 0.186. The van der Waals surface area contributed by atoms with Gasteiger partial charge in [-0.1, -0.05) is 24.3 Å². The number of hydrogen-bond acceptors (Lipinski definition) is 7. The Balaban J connectivity index is 1.42. The number of piperidine rings is 1. The lowest BCUT2D eigenvalue weighted by Crippen LogP contribution is -2.43. The molecule has 1 saturated heterocycles. The molecule has 200 valence electrons. The summed E-state index contributed by atoms with van der Waals surface area (Å²) in [6.45, 7) is 6.48. The largest absolute Gasteiger partial charge is 0.444 e. The van der Waals surface area contributed by atoms with Gasteiger partial charge in [-0.15, -0.1) is 0 Å². The number of aromatic amines is 1. The van der Waals surface area contributed by atoms with E-state index in [-0.39, 0.29) is 23.5 Å². The van der Waals surface area contributed by atoms with Crippen LogP contribution in [0.5, 0.6) is 0 Å². The van der Waals surface area contributed by atoms with Crippen LogP contribution < -0.4 is 11.3 Å². The lowest BCUT2D eigenvalue weighted by Gasteiger charge is -2.34. The van der Waals surface area contributed by atoms with Crippen molar-refractivity contribution in [2.75, 3.05) is 18.8 Å². The zero-order valence-electron chi connectivity index (χ0n) is 22.1. The quantitative estimate of drug-likeness (QED) is 0.358. The van der Waals surface area contributed by atoms with Crippen LogP contribution in [0.25, 0.3) is 38.8 Å². The van der Waals surface area contributed by atoms with Crippen molar-refractivity contribution in [3.8, 4) is 16.9 Å². The van der Waals surface area contributed by atoms with E-state index in [0.29, 0.717) is 29.7 Å². The van der Waals surface area contributed by atoms with Gasteiger partial charge < -0.3 is 15.4 Å². The third-order valence-corrected chi connectivity index (χ3v) is 6.90. The molecule has 6 rings (SSSR count). The van der Waals surface area contributed by atoms with Gasteiger partial charge in [0.25, 0.3) is 5.56 Å². The number of fused-ring (bicyclic) bond motifs is 2. The number of para-hydroxylation sites is 1. The minimum Gasteiger partial charge on any atom is -0.444 e. The number of anilines is 1. The maximum absolute atomic E-state index is 13.1. The summed E-state index contributed by atoms with van der Waals surface area (Å²) in [6.07, 6.45) is 2.93. The van der Waals surface area contributed by atoms with Crippen LogP contribution in [0.4, 0.5) is 10.6 Å². The Bertz CT molecular complexity index is 1750. The second-order valence-corrected chi connectivity index (χ2v) is 10.8. The molecule has 1 atom stereocenters. The number of amides is 1. The first-order valence-electron chi connectivity index (χ1n) is 13.0. The van der Waals surface area contributed by atoms with Gasteiger partial charge in [0.2, 0.25) is 0 Å². The number of likely N-dealkylation sites (tertiary alicyclic amines) is 1. The summed E-state index contributed by atoms with van der Waals surface area (Å²) in [7, 11) is 0. The third kappa shape index (κ3) is 4.49. The van der Waals surface area contributed by atoms with E-state index in [1.54, 1.807) is 15.8 Å². The van der Waals surface area contributed by atoms with Crippen LogP contribution >= 0.6 is 0 Å². The number of nitrogens with two attached hydrogens (primary N) is 1. The fraction of sp³-hybridized carbons (Fsp3) is 0.321. The number of H-pyrrole nitrogens is 1. The Morgan fingerprint density at radius 3 is 2.72 bits per heavy atom. The normalized spacial score (nSPS) is 16.2. The average molecular weight is 527 g/mol. The topological polar surface area (TPSA) is 137 Å². The molecule has 3 aromatic heterocycles. The first kappa shape index (κ1) is 24.7. The number of carbonyl (C=O) groups excluding carboxylic acids is 1. The second kappa shape index (κ2) is 9.26. The first-order chi connectivity index (χ1) is 18.7. The molecule has 1 amide bonds. The molecule has 1 fully saturated rings. The van der Waals surface area contributed by atoms with Gasteiger partial charge >= 0.3 is 6.09 Å². The van der Waals surface area contributed by atoms with Gasteiger partial charge in [0.05, 0.1) is 28.8 Å². The summed E-state index contributed by atoms with van der Waals surface area (Å²) in [5.41, 5.74) is 8.92. The minimum absolute atomic E-state index is 0.186. The maximum atomic E-state index is 13.1. The molecule has 11 nitrogen and oxygen atoms in total. The second-order valence-electron chi connectivity index (χ2n) is 10.8. The van der Waals surface area contributed by atoms with E-state index in [0.717, 1.165) is 35.0 Å². The summed E-state index contributed by atoms with van der Waals surface area (Å²) >= 11 is 0. The highest BCUT2D eigenvalue weighted by molar-refractivity contribution is 6.01. The SMILES string of the molecule is CC(C)(C)OC(=O)N1CCC[C@@H](n2nc(-c3ccc4c(cnn4-c4ccccc4)c3)c3c(N)n[nH]c(=O)c32)C1. The molecular weight excluding hydrogens is 496 g/mol. The van der Waals surface area contributed by atoms with Crippen LogP contribution in [-0.2, 0) is 4.74 Å². The molecule has 0 bridgehead atoms. The highest BCUT2D eigenvalue weighted by atomic mass is 16.6. The van der Waals surface area contributed by atoms with Crippen LogP contribution in [0.1, 0.15) is 39.7 Å². The molecule has 11 heteroatoms. The number of carbonyl (C=O) groups is 1. The molecular formula is C28H30N8O3. The number of ether oxygens (including phenoxy) is 1. The predicted octanol–water partition coefficient (Wildman–Crippen LogP) is 4.28. The highest BCUT2D eigenvalue weighted by Gasteiger charge is 2.31. The van der Waals surface area contributed by atoms with Crippen LogP contribution in [-0.4, -0.2) is 59.4 Å². The van der Waals surface area contributed by atoms with Gasteiger partial charge in [0.15, 0.2) is 5.82 Å². The summed E-state index contributed by atoms with van der Waals surface area (Å²) in [4.78, 5) is 27.5. The molecule has 0 unspecified atom stereocenters. The predicted molar refractivity (Wildman–Crippen MR) is 149 cm³/mol. The lowest BCUT2D eigenvalue weighted by molar-refractivity contribution is 0.0169. The van der Waals surface area contributed by atoms with Gasteiger partial charge in [0.1, 0.15) is 16.8 Å². The standard InChI is InChI=1S/C28H30N8O3/c1-28(2,3)39-27(38)34-13-7-10-20(16-34)36-24-22(25(29)31-32-26(24)37)23(33-36)17-11-12-21-18(14-17)15-30-35(21)19-8-5-4-6-9-19/h4-6,8-9,11-12,14-15,20H,7,10,13,16H2,1-3H3,(H2,29,31)(H,32,37)/t20-/m1/s1. The number of benzene rings is 2. The van der Waals surface area contributed by atoms with Crippen LogP contribution in [0.2, 0.25) is 0 Å². The third-order valence-electron chi connectivity index (χ3n) is 6.90. The van der Waals surface area contributed by atoms with Crippen molar-refractivity contribution < 1.29 is 9.53 Å². The van der Waals surface area contributed by atoms with Crippen LogP contribution in [0.3, 0.4) is 0 Å². The van der Waals surface area contributed by atoms with Gasteiger partial charge in [-0.05, 0) is 57.9 Å². The summed E-state index contributed by atoms with van der Waals surface area (Å²) in [5, 5.41) is 17.4. The summed E-state index contributed by atoms with van der Waals surface area (Å²) < 4.78 is 9.18. The highest BCUT2D eigenvalue weighted by Crippen LogP contribution is 2.35. The Morgan fingerprint density at radius 2 is 1.95 bits per heavy atom. The van der Waals surface area contributed by atoms with E-state index < -0.39 is 5.60 Å². The molecule has 5 aromatic rings. The molecule has 0 radical (unpaired) electrons. The first-order valence-corrected chi connectivity index (χ1v) is 13.0. The molecule has 2 aromatic carbocycles. The van der Waals surface area contributed by atoms with Gasteiger partial charge in [0, 0.05) is 24.0 Å². The van der Waals surface area contributed by atoms with Crippen molar-refractivity contribution in [1.82, 2.24) is 34.7 Å². The van der Waals surface area contributed by atoms with E-state index in [1.165, 1.54) is 0 Å². The van der Waals surface area contributed by atoms with E-state index >= 15 is 0 Å². The Hall–Kier alpha value is -4.67. The average Bonchev–Trinajstić information content (AvgIpc) is 3.53. The number of nitrogens with one attached hydrogen (secondary N) is 1. The zero-order chi connectivity index (χ0) is 27.3. The van der Waals surface area contributed by atoms with Crippen molar-refractivity contribution in [2.45, 2.75) is 45.3 Å². The number of aromatic nitrogens is 6. The fourth-order valence-corrected chi connectivity index (χ4v) is 5.18. The number of nitrogens with zero attached hydrogens (tertiary/aromatic N) is 6. The fourth-order valence-electron chi connectivity index (χ4n) is 5.18. The van der Waals surface area contributed by atoms with Crippen molar-refractivity contribution in [1.29, 1.82) is 0 Å². The lowest BCUT2D eigenvalue weighted by atomic mass is 10.1. The molecule has 3 N–H and O–H groups in total. The molecule has 1 aliphatic heterocycles. The molecule has 4 heterocycles. The van der Waals surface area contributed by atoms with Crippen molar-refractivity contribution in [3.63, 3.8) is 0 Å². The van der Waals surface area contributed by atoms with Crippen molar-refractivity contribution >= 4 is 33.7 Å². The van der Waals surface area contributed by atoms with Crippen LogP contribution in [0.15, 0.2) is 59.5 Å². The number of rotatable bonds is 3. The Kier molecular flexibility index (Phi) is 5.86. The van der Waals surface area contributed by atoms with Gasteiger partial charge in [-0.2, -0.15) is 15.3 Å². The Labute approximate surface area is 224 Å². The van der Waals surface area contributed by atoms with Crippen molar-refractivity contribution in [2.24, 2.45) is 0 Å². The molecule has 1 aliphatic rings. The molecule has 39 heavy (non-hydrogen) atoms. The van der Waals surface area contributed by atoms with Gasteiger partial charge in [-0.3, -0.25) is 9.48 Å². The minimum atomic E-state index is -0.597. The Morgan fingerprint density at radius 1 is 1.15 bits per heavy atom. The van der Waals surface area contributed by atoms with E-state index in [9.17, 15) is 9.59 Å². The zero-order valence-corrected chi connectivity index (χ0v) is 22.1. The smallest absolute Gasteiger partial charge is 0.410 e. The monoisotopic (exact) mass is 526 g/mol. The van der Waals surface area contributed by atoms with E-state index in [2.05, 4.69) is 15.3 Å². The van der Waals surface area contributed by atoms with E-state index in [1.807, 2.05) is 74.0 Å². The van der Waals surface area contributed by atoms with E-state index in [4.69, 9.17) is 15.6 Å². The van der Waals surface area contributed by atoms with Crippen LogP contribution in [0, 0.1) is 0 Å². The molecule has 0 spiro atoms. The molecule has 0 aliphatic carbocycles. The number of nitrogen functional groups attached to an aromatic ring is 1. The van der Waals surface area contributed by atoms with Gasteiger partial charge in [-0.25, -0.2) is 14.6 Å². The summed E-state index contributed by atoms with van der Waals surface area (Å²) in [6, 6.07) is 15.6. The molecule has 0 saturated carbocycles. The number of hydrogen-bond donors (Lipinski definition) is 2. The maximum Gasteiger partial charge on any atom is 0.410 e. The van der Waals surface area contributed by atoms with Crippen molar-refractivity contribution in [3.05, 3.63) is 65.1 Å².